The van der Waals surface area contributed by atoms with Crippen molar-refractivity contribution in [3.8, 4) is 0 Å². The summed E-state index contributed by atoms with van der Waals surface area (Å²) in [5, 5.41) is 13.2. The first kappa shape index (κ1) is 16.5. The van der Waals surface area contributed by atoms with Crippen molar-refractivity contribution in [2.75, 3.05) is 11.9 Å². The van der Waals surface area contributed by atoms with Crippen molar-refractivity contribution >= 4 is 11.6 Å². The molecule has 2 aromatic rings. The Balaban J connectivity index is 1.67. The van der Waals surface area contributed by atoms with Crippen LogP contribution in [0.3, 0.4) is 0 Å². The number of rotatable bonds is 4. The van der Waals surface area contributed by atoms with E-state index >= 15 is 0 Å². The molecule has 0 amide bonds. The molecule has 1 aliphatic carbocycles. The zero-order valence-electron chi connectivity index (χ0n) is 13.5. The summed E-state index contributed by atoms with van der Waals surface area (Å²) in [6, 6.07) is 12.0. The van der Waals surface area contributed by atoms with Crippen LogP contribution in [0.5, 0.6) is 0 Å². The molecule has 1 aliphatic rings. The van der Waals surface area contributed by atoms with Crippen molar-refractivity contribution in [3.05, 3.63) is 65.0 Å². The molecule has 0 radical (unpaired) electrons. The first-order valence-corrected chi connectivity index (χ1v) is 8.25. The van der Waals surface area contributed by atoms with E-state index in [9.17, 15) is 9.50 Å². The van der Waals surface area contributed by atoms with E-state index in [0.717, 1.165) is 18.5 Å². The molecule has 3 rings (SSSR count). The molecular weight excluding hydrogens is 305 g/mol. The van der Waals surface area contributed by atoms with Crippen molar-refractivity contribution in [3.63, 3.8) is 0 Å². The molecule has 4 nitrogen and oxygen atoms in total. The smallest absolute Gasteiger partial charge is 0.193 e. The van der Waals surface area contributed by atoms with Crippen molar-refractivity contribution < 1.29 is 9.50 Å². The van der Waals surface area contributed by atoms with Gasteiger partial charge in [0.1, 0.15) is 5.82 Å². The summed E-state index contributed by atoms with van der Waals surface area (Å²) < 4.78 is 13.2. The van der Waals surface area contributed by atoms with Crippen LogP contribution in [-0.4, -0.2) is 17.6 Å². The minimum Gasteiger partial charge on any atom is -0.386 e. The highest BCUT2D eigenvalue weighted by Crippen LogP contribution is 2.27. The Morgan fingerprint density at radius 3 is 2.83 bits per heavy atom. The Hall–Kier alpha value is -2.40. The maximum Gasteiger partial charge on any atom is 0.193 e. The van der Waals surface area contributed by atoms with E-state index in [1.807, 2.05) is 12.1 Å². The van der Waals surface area contributed by atoms with Crippen LogP contribution in [0.2, 0.25) is 0 Å². The maximum absolute atomic E-state index is 13.2. The Morgan fingerprint density at radius 1 is 1.21 bits per heavy atom. The SMILES string of the molecule is NC(=NCC(O)c1cccc(F)c1)Nc1cccc2c1CCCC2. The molecule has 0 saturated heterocycles. The van der Waals surface area contributed by atoms with Crippen molar-refractivity contribution in [1.82, 2.24) is 0 Å². The zero-order valence-corrected chi connectivity index (χ0v) is 13.5. The van der Waals surface area contributed by atoms with E-state index in [-0.39, 0.29) is 18.3 Å². The lowest BCUT2D eigenvalue weighted by atomic mass is 9.90. The van der Waals surface area contributed by atoms with E-state index < -0.39 is 6.10 Å². The molecule has 0 heterocycles. The van der Waals surface area contributed by atoms with E-state index in [1.54, 1.807) is 12.1 Å². The van der Waals surface area contributed by atoms with Gasteiger partial charge in [-0.3, -0.25) is 4.99 Å². The van der Waals surface area contributed by atoms with Gasteiger partial charge in [-0.2, -0.15) is 0 Å². The molecule has 0 spiro atoms. The molecule has 0 fully saturated rings. The van der Waals surface area contributed by atoms with Gasteiger partial charge in [0.25, 0.3) is 0 Å². The van der Waals surface area contributed by atoms with Crippen molar-refractivity contribution in [2.45, 2.75) is 31.8 Å². The largest absolute Gasteiger partial charge is 0.386 e. The third-order valence-electron chi connectivity index (χ3n) is 4.33. The van der Waals surface area contributed by atoms with Gasteiger partial charge in [0.2, 0.25) is 0 Å². The van der Waals surface area contributed by atoms with Gasteiger partial charge in [-0.15, -0.1) is 0 Å². The maximum atomic E-state index is 13.2. The Kier molecular flexibility index (Phi) is 5.11. The number of benzene rings is 2. The number of hydrogen-bond donors (Lipinski definition) is 3. The van der Waals surface area contributed by atoms with Gasteiger partial charge in [0.05, 0.1) is 12.6 Å². The monoisotopic (exact) mass is 327 g/mol. The van der Waals surface area contributed by atoms with Gasteiger partial charge in [-0.1, -0.05) is 24.3 Å². The molecule has 5 heteroatoms. The fourth-order valence-electron chi connectivity index (χ4n) is 3.08. The summed E-state index contributed by atoms with van der Waals surface area (Å²) in [5.74, 6) is -0.123. The number of nitrogens with two attached hydrogens (primary N) is 1. The van der Waals surface area contributed by atoms with Crippen LogP contribution in [0.25, 0.3) is 0 Å². The predicted octanol–water partition coefficient (Wildman–Crippen LogP) is 3.16. The van der Waals surface area contributed by atoms with Crippen LogP contribution in [-0.2, 0) is 12.8 Å². The summed E-state index contributed by atoms with van der Waals surface area (Å²) in [7, 11) is 0. The fourth-order valence-corrected chi connectivity index (χ4v) is 3.08. The molecule has 24 heavy (non-hydrogen) atoms. The Bertz CT molecular complexity index is 745. The number of guanidine groups is 1. The normalized spacial score (nSPS) is 15.7. The number of aryl methyl sites for hydroxylation is 1. The molecule has 0 saturated carbocycles. The second-order valence-electron chi connectivity index (χ2n) is 6.07. The average Bonchev–Trinajstić information content (AvgIpc) is 2.60. The first-order valence-electron chi connectivity index (χ1n) is 8.25. The van der Waals surface area contributed by atoms with Crippen LogP contribution >= 0.6 is 0 Å². The predicted molar refractivity (Wildman–Crippen MR) is 94.6 cm³/mol. The zero-order chi connectivity index (χ0) is 16.9. The number of nitrogens with zero attached hydrogens (tertiary/aromatic N) is 1. The van der Waals surface area contributed by atoms with E-state index in [1.165, 1.54) is 36.1 Å². The number of fused-ring (bicyclic) bond motifs is 1. The van der Waals surface area contributed by atoms with Crippen LogP contribution in [0, 0.1) is 5.82 Å². The molecule has 4 N–H and O–H groups in total. The standard InChI is InChI=1S/C19H22FN3O/c20-15-8-3-7-14(11-15)18(24)12-22-19(21)23-17-10-4-6-13-5-1-2-9-16(13)17/h3-4,6-8,10-11,18,24H,1-2,5,9,12H2,(H3,21,22,23). The van der Waals surface area contributed by atoms with Crippen LogP contribution in [0.1, 0.15) is 35.6 Å². The summed E-state index contributed by atoms with van der Waals surface area (Å²) in [6.07, 6.45) is 3.66. The van der Waals surface area contributed by atoms with Gasteiger partial charge in [0.15, 0.2) is 5.96 Å². The lowest BCUT2D eigenvalue weighted by molar-refractivity contribution is 0.187. The van der Waals surface area contributed by atoms with Crippen LogP contribution < -0.4 is 11.1 Å². The van der Waals surface area contributed by atoms with Gasteiger partial charge >= 0.3 is 0 Å². The van der Waals surface area contributed by atoms with Crippen LogP contribution in [0.15, 0.2) is 47.5 Å². The second kappa shape index (κ2) is 7.45. The molecule has 0 aliphatic heterocycles. The van der Waals surface area contributed by atoms with Gasteiger partial charge in [-0.25, -0.2) is 4.39 Å². The minimum absolute atomic E-state index is 0.0807. The van der Waals surface area contributed by atoms with E-state index in [4.69, 9.17) is 5.73 Å². The third-order valence-corrected chi connectivity index (χ3v) is 4.33. The molecular formula is C19H22FN3O. The number of aliphatic imine (C=N–C) groups is 1. The van der Waals surface area contributed by atoms with Gasteiger partial charge in [-0.05, 0) is 60.6 Å². The van der Waals surface area contributed by atoms with Crippen molar-refractivity contribution in [1.29, 1.82) is 0 Å². The number of aliphatic hydroxyl groups excluding tert-OH is 1. The molecule has 126 valence electrons. The number of hydrogen-bond acceptors (Lipinski definition) is 2. The molecule has 0 aromatic heterocycles. The van der Waals surface area contributed by atoms with E-state index in [0.29, 0.717) is 5.56 Å². The summed E-state index contributed by atoms with van der Waals surface area (Å²) in [6.45, 7) is 0.0807. The highest BCUT2D eigenvalue weighted by molar-refractivity contribution is 5.93. The first-order chi connectivity index (χ1) is 11.6. The van der Waals surface area contributed by atoms with E-state index in [2.05, 4.69) is 16.4 Å². The Labute approximate surface area is 141 Å². The highest BCUT2D eigenvalue weighted by Gasteiger charge is 2.13. The third kappa shape index (κ3) is 3.92. The van der Waals surface area contributed by atoms with Gasteiger partial charge < -0.3 is 16.2 Å². The lowest BCUT2D eigenvalue weighted by Crippen LogP contribution is -2.25. The minimum atomic E-state index is -0.884. The lowest BCUT2D eigenvalue weighted by Gasteiger charge is -2.20. The quantitative estimate of drug-likeness (QED) is 0.597. The molecule has 2 aromatic carbocycles. The van der Waals surface area contributed by atoms with Crippen LogP contribution in [0.4, 0.5) is 10.1 Å². The molecule has 0 bridgehead atoms. The summed E-state index contributed by atoms with van der Waals surface area (Å²) in [4.78, 5) is 4.19. The molecule has 1 atom stereocenters. The average molecular weight is 327 g/mol. The number of anilines is 1. The number of halogens is 1. The highest BCUT2D eigenvalue weighted by atomic mass is 19.1. The summed E-state index contributed by atoms with van der Waals surface area (Å²) in [5.41, 5.74) is 10.1. The second-order valence-corrected chi connectivity index (χ2v) is 6.07. The molecule has 1 unspecified atom stereocenters. The van der Waals surface area contributed by atoms with Crippen molar-refractivity contribution in [2.24, 2.45) is 10.7 Å². The number of aliphatic hydroxyl groups is 1. The number of nitrogens with one attached hydrogen (secondary N) is 1. The Morgan fingerprint density at radius 2 is 2.00 bits per heavy atom. The topological polar surface area (TPSA) is 70.6 Å². The summed E-state index contributed by atoms with van der Waals surface area (Å²) >= 11 is 0. The fraction of sp³-hybridized carbons (Fsp3) is 0.316. The van der Waals surface area contributed by atoms with Gasteiger partial charge in [0, 0.05) is 5.69 Å².